The monoisotopic (exact) mass is 330 g/mol. The summed E-state index contributed by atoms with van der Waals surface area (Å²) in [7, 11) is -3.61. The molecule has 122 valence electrons. The first-order chi connectivity index (χ1) is 10.9. The number of sulfonamides is 1. The fourth-order valence-electron chi connectivity index (χ4n) is 2.25. The van der Waals surface area contributed by atoms with Crippen LogP contribution >= 0.6 is 0 Å². The molecule has 0 aliphatic carbocycles. The van der Waals surface area contributed by atoms with Gasteiger partial charge in [0, 0.05) is 6.54 Å². The summed E-state index contributed by atoms with van der Waals surface area (Å²) >= 11 is 0. The summed E-state index contributed by atoms with van der Waals surface area (Å²) in [5, 5.41) is 8.47. The van der Waals surface area contributed by atoms with Gasteiger partial charge in [0.05, 0.1) is 4.90 Å². The predicted molar refractivity (Wildman–Crippen MR) is 94.5 cm³/mol. The zero-order valence-corrected chi connectivity index (χ0v) is 14.0. The van der Waals surface area contributed by atoms with E-state index in [2.05, 4.69) is 30.4 Å². The average Bonchev–Trinajstić information content (AvgIpc) is 2.52. The van der Waals surface area contributed by atoms with Gasteiger partial charge in [0.25, 0.3) is 0 Å². The molecule has 5 heteroatoms. The first kappa shape index (κ1) is 17.4. The number of hydrogen-bond donors (Lipinski definition) is 2. The number of benzene rings is 2. The molecule has 23 heavy (non-hydrogen) atoms. The minimum Gasteiger partial charge on any atom is -0.313 e. The van der Waals surface area contributed by atoms with Gasteiger partial charge in [-0.1, -0.05) is 54.1 Å². The maximum Gasteiger partial charge on any atom is 0.238 e. The second kappa shape index (κ2) is 8.06. The number of nitrogens with two attached hydrogens (primary N) is 1. The molecular formula is C18H22N2O2S. The lowest BCUT2D eigenvalue weighted by Gasteiger charge is -2.06. The van der Waals surface area contributed by atoms with E-state index < -0.39 is 10.0 Å². The van der Waals surface area contributed by atoms with E-state index >= 15 is 0 Å². The molecule has 2 aromatic carbocycles. The van der Waals surface area contributed by atoms with Gasteiger partial charge in [-0.2, -0.15) is 0 Å². The van der Waals surface area contributed by atoms with Crippen LogP contribution in [0.2, 0.25) is 0 Å². The number of primary sulfonamides is 1. The van der Waals surface area contributed by atoms with Gasteiger partial charge < -0.3 is 5.32 Å². The van der Waals surface area contributed by atoms with E-state index in [1.165, 1.54) is 11.1 Å². The van der Waals surface area contributed by atoms with E-state index in [1.807, 2.05) is 18.2 Å². The van der Waals surface area contributed by atoms with Crippen molar-refractivity contribution in [3.63, 3.8) is 0 Å². The van der Waals surface area contributed by atoms with Crippen molar-refractivity contribution in [3.05, 3.63) is 71.3 Å². The van der Waals surface area contributed by atoms with Crippen LogP contribution in [0.5, 0.6) is 0 Å². The smallest absolute Gasteiger partial charge is 0.238 e. The van der Waals surface area contributed by atoms with Crippen LogP contribution in [-0.4, -0.2) is 21.5 Å². The van der Waals surface area contributed by atoms with Crippen LogP contribution in [0.1, 0.15) is 18.1 Å². The molecular weight excluding hydrogens is 308 g/mol. The molecule has 0 aliphatic heterocycles. The Bertz CT molecular complexity index is 751. The third-order valence-electron chi connectivity index (χ3n) is 3.46. The topological polar surface area (TPSA) is 72.2 Å². The Morgan fingerprint density at radius 2 is 1.74 bits per heavy atom. The van der Waals surface area contributed by atoms with Crippen LogP contribution in [0.15, 0.2) is 65.1 Å². The highest BCUT2D eigenvalue weighted by Crippen LogP contribution is 2.09. The number of nitrogens with one attached hydrogen (secondary N) is 1. The molecule has 0 saturated heterocycles. The molecule has 0 aromatic heterocycles. The summed E-state index contributed by atoms with van der Waals surface area (Å²) in [5.41, 5.74) is 3.54. The van der Waals surface area contributed by atoms with E-state index in [0.717, 1.165) is 25.1 Å². The SMILES string of the molecule is C/C(=C\c1ccccc1)CNCCc1ccc(S(N)(=O)=O)cc1. The van der Waals surface area contributed by atoms with Crippen molar-refractivity contribution in [3.8, 4) is 0 Å². The molecule has 0 heterocycles. The van der Waals surface area contributed by atoms with Crippen molar-refractivity contribution in [2.75, 3.05) is 13.1 Å². The molecule has 0 unspecified atom stereocenters. The van der Waals surface area contributed by atoms with Gasteiger partial charge in [-0.25, -0.2) is 13.6 Å². The highest BCUT2D eigenvalue weighted by Gasteiger charge is 2.06. The molecule has 0 bridgehead atoms. The Morgan fingerprint density at radius 3 is 2.35 bits per heavy atom. The van der Waals surface area contributed by atoms with E-state index in [-0.39, 0.29) is 4.90 Å². The standard InChI is InChI=1S/C18H22N2O2S/c1-15(13-17-5-3-2-4-6-17)14-20-12-11-16-7-9-18(10-8-16)23(19,21)22/h2-10,13,20H,11-12,14H2,1H3,(H2,19,21,22)/b15-13+. The minimum absolute atomic E-state index is 0.149. The molecule has 0 fully saturated rings. The lowest BCUT2D eigenvalue weighted by molar-refractivity contribution is 0.597. The van der Waals surface area contributed by atoms with Gasteiger partial charge in [0.2, 0.25) is 10.0 Å². The third-order valence-corrected chi connectivity index (χ3v) is 4.39. The van der Waals surface area contributed by atoms with Gasteiger partial charge in [0.15, 0.2) is 0 Å². The van der Waals surface area contributed by atoms with E-state index in [4.69, 9.17) is 5.14 Å². The lowest BCUT2D eigenvalue weighted by atomic mass is 10.1. The molecule has 3 N–H and O–H groups in total. The minimum atomic E-state index is -3.61. The maximum absolute atomic E-state index is 11.2. The molecule has 0 saturated carbocycles. The van der Waals surface area contributed by atoms with Gasteiger partial charge in [-0.05, 0) is 43.1 Å². The van der Waals surface area contributed by atoms with Crippen molar-refractivity contribution >= 4 is 16.1 Å². The molecule has 0 atom stereocenters. The molecule has 0 aliphatic rings. The van der Waals surface area contributed by atoms with E-state index in [1.54, 1.807) is 24.3 Å². The van der Waals surface area contributed by atoms with Crippen molar-refractivity contribution < 1.29 is 8.42 Å². The lowest BCUT2D eigenvalue weighted by Crippen LogP contribution is -2.19. The molecule has 0 spiro atoms. The Morgan fingerprint density at radius 1 is 1.09 bits per heavy atom. The van der Waals surface area contributed by atoms with Crippen LogP contribution in [0.3, 0.4) is 0 Å². The zero-order valence-electron chi connectivity index (χ0n) is 13.2. The maximum atomic E-state index is 11.2. The third kappa shape index (κ3) is 5.98. The second-order valence-corrected chi connectivity index (χ2v) is 7.08. The molecule has 4 nitrogen and oxygen atoms in total. The van der Waals surface area contributed by atoms with Gasteiger partial charge in [-0.3, -0.25) is 0 Å². The molecule has 0 amide bonds. The predicted octanol–water partition coefficient (Wildman–Crippen LogP) is 2.57. The highest BCUT2D eigenvalue weighted by atomic mass is 32.2. The quantitative estimate of drug-likeness (QED) is 0.766. The number of rotatable bonds is 7. The fraction of sp³-hybridized carbons (Fsp3) is 0.222. The summed E-state index contributed by atoms with van der Waals surface area (Å²) in [4.78, 5) is 0.149. The van der Waals surface area contributed by atoms with E-state index in [9.17, 15) is 8.42 Å². The Balaban J connectivity index is 1.78. The summed E-state index contributed by atoms with van der Waals surface area (Å²) in [6.45, 7) is 3.75. The zero-order chi connectivity index (χ0) is 16.7. The van der Waals surface area contributed by atoms with Crippen molar-refractivity contribution in [1.82, 2.24) is 5.32 Å². The Hall–Kier alpha value is -1.95. The van der Waals surface area contributed by atoms with Crippen molar-refractivity contribution in [1.29, 1.82) is 0 Å². The number of hydrogen-bond acceptors (Lipinski definition) is 3. The summed E-state index contributed by atoms with van der Waals surface area (Å²) in [6.07, 6.45) is 3.00. The largest absolute Gasteiger partial charge is 0.313 e. The molecule has 2 rings (SSSR count). The summed E-state index contributed by atoms with van der Waals surface area (Å²) < 4.78 is 22.4. The van der Waals surface area contributed by atoms with Gasteiger partial charge in [0.1, 0.15) is 0 Å². The van der Waals surface area contributed by atoms with Crippen molar-refractivity contribution in [2.24, 2.45) is 5.14 Å². The van der Waals surface area contributed by atoms with Crippen LogP contribution in [0.25, 0.3) is 6.08 Å². The average molecular weight is 330 g/mol. The van der Waals surface area contributed by atoms with Crippen LogP contribution < -0.4 is 10.5 Å². The Kier molecular flexibility index (Phi) is 6.10. The van der Waals surface area contributed by atoms with Gasteiger partial charge >= 0.3 is 0 Å². The van der Waals surface area contributed by atoms with Crippen LogP contribution in [-0.2, 0) is 16.4 Å². The normalized spacial score (nSPS) is 12.3. The summed E-state index contributed by atoms with van der Waals surface area (Å²) in [5.74, 6) is 0. The van der Waals surface area contributed by atoms with Gasteiger partial charge in [-0.15, -0.1) is 0 Å². The highest BCUT2D eigenvalue weighted by molar-refractivity contribution is 7.89. The van der Waals surface area contributed by atoms with Crippen molar-refractivity contribution in [2.45, 2.75) is 18.2 Å². The molecule has 0 radical (unpaired) electrons. The first-order valence-corrected chi connectivity index (χ1v) is 9.04. The van der Waals surface area contributed by atoms with E-state index in [0.29, 0.717) is 0 Å². The Labute approximate surface area is 138 Å². The second-order valence-electron chi connectivity index (χ2n) is 5.52. The molecule has 2 aromatic rings. The summed E-state index contributed by atoms with van der Waals surface area (Å²) in [6, 6.07) is 16.9. The van der Waals surface area contributed by atoms with Crippen LogP contribution in [0, 0.1) is 0 Å². The fourth-order valence-corrected chi connectivity index (χ4v) is 2.76. The first-order valence-electron chi connectivity index (χ1n) is 7.50. The van der Waals surface area contributed by atoms with Crippen LogP contribution in [0.4, 0.5) is 0 Å².